The van der Waals surface area contributed by atoms with E-state index in [1.54, 1.807) is 0 Å². The van der Waals surface area contributed by atoms with Crippen molar-refractivity contribution in [3.8, 4) is 0 Å². The third-order valence-corrected chi connectivity index (χ3v) is 2.46. The highest BCUT2D eigenvalue weighted by molar-refractivity contribution is 7.89. The summed E-state index contributed by atoms with van der Waals surface area (Å²) in [4.78, 5) is -0.518. The molecule has 0 radical (unpaired) electrons. The van der Waals surface area contributed by atoms with E-state index in [1.807, 2.05) is 0 Å². The Bertz CT molecular complexity index is 417. The summed E-state index contributed by atoms with van der Waals surface area (Å²) < 4.78 is 34.5. The first kappa shape index (κ1) is 10.1. The fraction of sp³-hybridized carbons (Fsp3) is 0.143. The molecule has 0 unspecified atom stereocenters. The van der Waals surface area contributed by atoms with Gasteiger partial charge in [-0.1, -0.05) is 6.07 Å². The smallest absolute Gasteiger partial charge is 0.240 e. The van der Waals surface area contributed by atoms with Gasteiger partial charge in [0, 0.05) is 6.54 Å². The lowest BCUT2D eigenvalue weighted by molar-refractivity contribution is 0.567. The van der Waals surface area contributed by atoms with Crippen LogP contribution >= 0.6 is 0 Å². The first-order chi connectivity index (χ1) is 5.95. The van der Waals surface area contributed by atoms with Crippen molar-refractivity contribution in [3.63, 3.8) is 0 Å². The summed E-state index contributed by atoms with van der Waals surface area (Å²) in [6, 6.07) is 3.57. The molecule has 0 amide bonds. The third kappa shape index (κ3) is 2.24. The van der Waals surface area contributed by atoms with Gasteiger partial charge in [-0.2, -0.15) is 0 Å². The van der Waals surface area contributed by atoms with E-state index in [2.05, 4.69) is 0 Å². The average Bonchev–Trinajstić information content (AvgIpc) is 2.03. The molecule has 72 valence electrons. The van der Waals surface area contributed by atoms with Crippen LogP contribution in [-0.4, -0.2) is 8.42 Å². The maximum absolute atomic E-state index is 12.9. The van der Waals surface area contributed by atoms with Crippen LogP contribution in [0.3, 0.4) is 0 Å². The van der Waals surface area contributed by atoms with Crippen molar-refractivity contribution in [2.24, 2.45) is 10.9 Å². The maximum Gasteiger partial charge on any atom is 0.240 e. The number of halogens is 1. The Morgan fingerprint density at radius 2 is 2.00 bits per heavy atom. The van der Waals surface area contributed by atoms with Gasteiger partial charge in [0.25, 0.3) is 0 Å². The van der Waals surface area contributed by atoms with Gasteiger partial charge in [0.1, 0.15) is 10.7 Å². The van der Waals surface area contributed by atoms with Gasteiger partial charge in [-0.15, -0.1) is 0 Å². The molecular weight excluding hydrogens is 195 g/mol. The molecule has 1 aromatic carbocycles. The normalized spacial score (nSPS) is 11.6. The molecule has 4 nitrogen and oxygen atoms in total. The van der Waals surface area contributed by atoms with E-state index in [0.29, 0.717) is 5.56 Å². The van der Waals surface area contributed by atoms with Gasteiger partial charge >= 0.3 is 0 Å². The molecule has 1 aromatic rings. The molecule has 0 aliphatic carbocycles. The molecule has 0 saturated carbocycles. The van der Waals surface area contributed by atoms with Gasteiger partial charge in [0.2, 0.25) is 10.0 Å². The molecule has 0 aliphatic rings. The topological polar surface area (TPSA) is 86.2 Å². The monoisotopic (exact) mass is 204 g/mol. The second-order valence-electron chi connectivity index (χ2n) is 2.51. The summed E-state index contributed by atoms with van der Waals surface area (Å²) in [6.07, 6.45) is 0. The number of rotatable bonds is 2. The Morgan fingerprint density at radius 1 is 1.38 bits per heavy atom. The molecule has 4 N–H and O–H groups in total. The van der Waals surface area contributed by atoms with Crippen molar-refractivity contribution in [1.29, 1.82) is 0 Å². The molecule has 0 fully saturated rings. The van der Waals surface area contributed by atoms with Crippen LogP contribution in [0.25, 0.3) is 0 Å². The molecule has 6 heteroatoms. The Morgan fingerprint density at radius 3 is 2.46 bits per heavy atom. The van der Waals surface area contributed by atoms with E-state index in [0.717, 1.165) is 12.1 Å². The van der Waals surface area contributed by atoms with Crippen LogP contribution in [0.2, 0.25) is 0 Å². The maximum atomic E-state index is 12.9. The van der Waals surface area contributed by atoms with Crippen molar-refractivity contribution in [1.82, 2.24) is 0 Å². The summed E-state index contributed by atoms with van der Waals surface area (Å²) in [5, 5.41) is 4.77. The zero-order valence-corrected chi connectivity index (χ0v) is 7.51. The number of hydrogen-bond donors (Lipinski definition) is 2. The molecule has 0 saturated heterocycles. The molecule has 0 heterocycles. The zero-order chi connectivity index (χ0) is 10.1. The SMILES string of the molecule is NCc1ccc(F)c(S(N)(=O)=O)c1. The van der Waals surface area contributed by atoms with E-state index in [4.69, 9.17) is 10.9 Å². The first-order valence-corrected chi connectivity index (χ1v) is 5.01. The highest BCUT2D eigenvalue weighted by atomic mass is 32.2. The van der Waals surface area contributed by atoms with Crippen LogP contribution in [0.4, 0.5) is 4.39 Å². The van der Waals surface area contributed by atoms with Gasteiger partial charge < -0.3 is 5.73 Å². The minimum absolute atomic E-state index is 0.142. The highest BCUT2D eigenvalue weighted by Gasteiger charge is 2.14. The summed E-state index contributed by atoms with van der Waals surface area (Å²) in [5.41, 5.74) is 5.77. The van der Waals surface area contributed by atoms with Crippen LogP contribution in [0.5, 0.6) is 0 Å². The lowest BCUT2D eigenvalue weighted by Gasteiger charge is -2.02. The molecule has 0 aromatic heterocycles. The van der Waals surface area contributed by atoms with Gasteiger partial charge in [0.15, 0.2) is 0 Å². The van der Waals surface area contributed by atoms with Crippen molar-refractivity contribution in [3.05, 3.63) is 29.6 Å². The van der Waals surface area contributed by atoms with Crippen LogP contribution in [0.15, 0.2) is 23.1 Å². The Hall–Kier alpha value is -0.980. The third-order valence-electron chi connectivity index (χ3n) is 1.54. The average molecular weight is 204 g/mol. The van der Waals surface area contributed by atoms with Crippen LogP contribution < -0.4 is 10.9 Å². The number of primary sulfonamides is 1. The predicted molar refractivity (Wildman–Crippen MR) is 45.7 cm³/mol. The quantitative estimate of drug-likeness (QED) is 0.707. The Balaban J connectivity index is 3.36. The predicted octanol–water partition coefficient (Wildman–Crippen LogP) is -0.0682. The minimum Gasteiger partial charge on any atom is -0.326 e. The molecule has 0 spiro atoms. The Kier molecular flexibility index (Phi) is 2.65. The van der Waals surface area contributed by atoms with E-state index < -0.39 is 20.7 Å². The van der Waals surface area contributed by atoms with Gasteiger partial charge in [-0.25, -0.2) is 17.9 Å². The van der Waals surface area contributed by atoms with Crippen LogP contribution in [-0.2, 0) is 16.6 Å². The van der Waals surface area contributed by atoms with Crippen molar-refractivity contribution in [2.75, 3.05) is 0 Å². The largest absolute Gasteiger partial charge is 0.326 e. The zero-order valence-electron chi connectivity index (χ0n) is 6.70. The lowest BCUT2D eigenvalue weighted by atomic mass is 10.2. The number of hydrogen-bond acceptors (Lipinski definition) is 3. The molecule has 0 atom stereocenters. The number of benzene rings is 1. The second-order valence-corrected chi connectivity index (χ2v) is 4.04. The van der Waals surface area contributed by atoms with Crippen molar-refractivity contribution >= 4 is 10.0 Å². The summed E-state index contributed by atoms with van der Waals surface area (Å²) >= 11 is 0. The van der Waals surface area contributed by atoms with Gasteiger partial charge in [0.05, 0.1) is 0 Å². The molecule has 0 bridgehead atoms. The highest BCUT2D eigenvalue weighted by Crippen LogP contribution is 2.14. The van der Waals surface area contributed by atoms with E-state index in [9.17, 15) is 12.8 Å². The molecule has 0 aliphatic heterocycles. The number of sulfonamides is 1. The van der Waals surface area contributed by atoms with Crippen LogP contribution in [0.1, 0.15) is 5.56 Å². The Labute approximate surface area is 75.4 Å². The van der Waals surface area contributed by atoms with Gasteiger partial charge in [-0.3, -0.25) is 0 Å². The summed E-state index contributed by atoms with van der Waals surface area (Å²) in [5.74, 6) is -0.861. The summed E-state index contributed by atoms with van der Waals surface area (Å²) in [6.45, 7) is 0.142. The van der Waals surface area contributed by atoms with Crippen molar-refractivity contribution in [2.45, 2.75) is 11.4 Å². The van der Waals surface area contributed by atoms with E-state index >= 15 is 0 Å². The first-order valence-electron chi connectivity index (χ1n) is 3.46. The lowest BCUT2D eigenvalue weighted by Crippen LogP contribution is -2.14. The number of nitrogens with two attached hydrogens (primary N) is 2. The van der Waals surface area contributed by atoms with Crippen LogP contribution in [0, 0.1) is 5.82 Å². The fourth-order valence-corrected chi connectivity index (χ4v) is 1.55. The standard InChI is InChI=1S/C7H9FN2O2S/c8-6-2-1-5(4-9)3-7(6)13(10,11)12/h1-3H,4,9H2,(H2,10,11,12). The summed E-state index contributed by atoms with van der Waals surface area (Å²) in [7, 11) is -4.00. The molecular formula is C7H9FN2O2S. The fourth-order valence-electron chi connectivity index (χ4n) is 0.893. The van der Waals surface area contributed by atoms with E-state index in [-0.39, 0.29) is 6.54 Å². The molecule has 13 heavy (non-hydrogen) atoms. The van der Waals surface area contributed by atoms with Gasteiger partial charge in [-0.05, 0) is 17.7 Å². The molecule has 1 rings (SSSR count). The van der Waals surface area contributed by atoms with E-state index in [1.165, 1.54) is 6.07 Å². The minimum atomic E-state index is -4.00. The second kappa shape index (κ2) is 3.41. The van der Waals surface area contributed by atoms with Crippen molar-refractivity contribution < 1.29 is 12.8 Å².